The van der Waals surface area contributed by atoms with Crippen molar-refractivity contribution in [3.05, 3.63) is 71.7 Å². The smallest absolute Gasteiger partial charge is 0.153 e. The third-order valence-corrected chi connectivity index (χ3v) is 4.14. The quantitative estimate of drug-likeness (QED) is 0.572. The maximum atomic E-state index is 5.45. The lowest BCUT2D eigenvalue weighted by Gasteiger charge is -2.11. The molecule has 26 heavy (non-hydrogen) atoms. The number of hydrogen-bond acceptors (Lipinski definition) is 5. The van der Waals surface area contributed by atoms with Crippen molar-refractivity contribution in [1.29, 1.82) is 0 Å². The van der Waals surface area contributed by atoms with Crippen molar-refractivity contribution in [1.82, 2.24) is 20.2 Å². The molecule has 6 heteroatoms. The first kappa shape index (κ1) is 16.1. The van der Waals surface area contributed by atoms with Crippen molar-refractivity contribution in [2.45, 2.75) is 13.3 Å². The minimum atomic E-state index is 0.586. The summed E-state index contributed by atoms with van der Waals surface area (Å²) in [4.78, 5) is 9.46. The van der Waals surface area contributed by atoms with Gasteiger partial charge in [-0.05, 0) is 25.1 Å². The Morgan fingerprint density at radius 2 is 1.85 bits per heavy atom. The molecule has 130 valence electrons. The Kier molecular flexibility index (Phi) is 4.23. The summed E-state index contributed by atoms with van der Waals surface area (Å²) in [6.45, 7) is 1.96. The number of nitrogens with one attached hydrogen (secondary N) is 2. The summed E-state index contributed by atoms with van der Waals surface area (Å²) >= 11 is 0. The van der Waals surface area contributed by atoms with Gasteiger partial charge in [0, 0.05) is 29.1 Å². The topological polar surface area (TPSA) is 75.7 Å². The van der Waals surface area contributed by atoms with Gasteiger partial charge in [0.15, 0.2) is 5.82 Å². The molecular weight excluding hydrogens is 326 g/mol. The number of para-hydroxylation sites is 2. The maximum Gasteiger partial charge on any atom is 0.153 e. The molecule has 0 atom stereocenters. The molecule has 4 aromatic rings. The van der Waals surface area contributed by atoms with Crippen LogP contribution in [0.3, 0.4) is 0 Å². The highest BCUT2D eigenvalue weighted by Crippen LogP contribution is 2.25. The van der Waals surface area contributed by atoms with Crippen LogP contribution in [-0.2, 0) is 6.42 Å². The normalized spacial score (nSPS) is 10.8. The Labute approximate surface area is 151 Å². The van der Waals surface area contributed by atoms with E-state index in [4.69, 9.17) is 14.7 Å². The van der Waals surface area contributed by atoms with Gasteiger partial charge in [0.25, 0.3) is 0 Å². The molecule has 2 N–H and O–H groups in total. The van der Waals surface area contributed by atoms with Crippen LogP contribution < -0.4 is 10.1 Å². The predicted molar refractivity (Wildman–Crippen MR) is 102 cm³/mol. The second kappa shape index (κ2) is 6.84. The fourth-order valence-electron chi connectivity index (χ4n) is 2.92. The van der Waals surface area contributed by atoms with Gasteiger partial charge in [0.2, 0.25) is 0 Å². The first-order valence-corrected chi connectivity index (χ1v) is 8.39. The number of anilines is 2. The Morgan fingerprint density at radius 1 is 1.04 bits per heavy atom. The molecule has 0 aliphatic carbocycles. The number of benzene rings is 2. The molecule has 4 rings (SSSR count). The van der Waals surface area contributed by atoms with E-state index in [0.717, 1.165) is 45.4 Å². The van der Waals surface area contributed by atoms with E-state index in [1.807, 2.05) is 61.5 Å². The summed E-state index contributed by atoms with van der Waals surface area (Å²) in [5, 5.41) is 11.4. The zero-order valence-corrected chi connectivity index (χ0v) is 14.7. The summed E-state index contributed by atoms with van der Waals surface area (Å²) in [6.07, 6.45) is 0.586. The van der Waals surface area contributed by atoms with E-state index < -0.39 is 0 Å². The van der Waals surface area contributed by atoms with Crippen molar-refractivity contribution >= 4 is 22.5 Å². The summed E-state index contributed by atoms with van der Waals surface area (Å²) in [6, 6.07) is 17.8. The van der Waals surface area contributed by atoms with Crippen LogP contribution in [0.2, 0.25) is 0 Å². The summed E-state index contributed by atoms with van der Waals surface area (Å²) in [5.74, 6) is 3.03. The van der Waals surface area contributed by atoms with Crippen molar-refractivity contribution in [2.24, 2.45) is 0 Å². The van der Waals surface area contributed by atoms with E-state index >= 15 is 0 Å². The molecule has 0 unspecified atom stereocenters. The number of H-pyrrole nitrogens is 1. The standard InChI is InChI=1S/C20H19N5O/c1-13-11-19(25-24-13)23-20-15-8-4-5-9-16(15)21-18(22-20)12-14-7-3-6-10-17(14)26-2/h3-11H,12H2,1-2H3,(H2,21,22,23,24,25). The van der Waals surface area contributed by atoms with Gasteiger partial charge in [-0.25, -0.2) is 9.97 Å². The van der Waals surface area contributed by atoms with Crippen LogP contribution in [0.4, 0.5) is 11.6 Å². The van der Waals surface area contributed by atoms with Crippen LogP contribution in [0.25, 0.3) is 10.9 Å². The van der Waals surface area contributed by atoms with Crippen molar-refractivity contribution < 1.29 is 4.74 Å². The zero-order valence-electron chi connectivity index (χ0n) is 14.7. The minimum Gasteiger partial charge on any atom is -0.496 e. The van der Waals surface area contributed by atoms with E-state index in [1.165, 1.54) is 0 Å². The second-order valence-corrected chi connectivity index (χ2v) is 6.06. The average Bonchev–Trinajstić information content (AvgIpc) is 3.07. The Balaban J connectivity index is 1.76. The first-order chi connectivity index (χ1) is 12.7. The van der Waals surface area contributed by atoms with E-state index in [0.29, 0.717) is 6.42 Å². The van der Waals surface area contributed by atoms with Crippen LogP contribution in [0.15, 0.2) is 54.6 Å². The van der Waals surface area contributed by atoms with Gasteiger partial charge in [-0.1, -0.05) is 30.3 Å². The monoisotopic (exact) mass is 345 g/mol. The number of rotatable bonds is 5. The molecule has 0 aliphatic rings. The largest absolute Gasteiger partial charge is 0.496 e. The van der Waals surface area contributed by atoms with Gasteiger partial charge in [-0.3, -0.25) is 5.10 Å². The third kappa shape index (κ3) is 3.21. The molecule has 0 amide bonds. The second-order valence-electron chi connectivity index (χ2n) is 6.06. The lowest BCUT2D eigenvalue weighted by atomic mass is 10.1. The molecule has 0 saturated heterocycles. The number of ether oxygens (including phenoxy) is 1. The number of aryl methyl sites for hydroxylation is 1. The number of fused-ring (bicyclic) bond motifs is 1. The van der Waals surface area contributed by atoms with E-state index in [1.54, 1.807) is 7.11 Å². The number of methoxy groups -OCH3 is 1. The summed E-state index contributed by atoms with van der Waals surface area (Å²) in [7, 11) is 1.67. The number of hydrogen-bond donors (Lipinski definition) is 2. The average molecular weight is 345 g/mol. The highest BCUT2D eigenvalue weighted by molar-refractivity contribution is 5.90. The predicted octanol–water partition coefficient (Wildman–Crippen LogP) is 4.00. The molecule has 2 aromatic carbocycles. The number of nitrogens with zero attached hydrogens (tertiary/aromatic N) is 3. The van der Waals surface area contributed by atoms with Gasteiger partial charge < -0.3 is 10.1 Å². The Hall–Kier alpha value is -3.41. The number of aromatic nitrogens is 4. The molecule has 0 radical (unpaired) electrons. The van der Waals surface area contributed by atoms with Crippen molar-refractivity contribution in [2.75, 3.05) is 12.4 Å². The van der Waals surface area contributed by atoms with Gasteiger partial charge in [0.05, 0.1) is 12.6 Å². The van der Waals surface area contributed by atoms with Gasteiger partial charge in [-0.2, -0.15) is 5.10 Å². The molecule has 0 aliphatic heterocycles. The lowest BCUT2D eigenvalue weighted by molar-refractivity contribution is 0.410. The molecule has 0 bridgehead atoms. The van der Waals surface area contributed by atoms with Crippen LogP contribution in [-0.4, -0.2) is 27.3 Å². The maximum absolute atomic E-state index is 5.45. The first-order valence-electron chi connectivity index (χ1n) is 8.39. The fraction of sp³-hybridized carbons (Fsp3) is 0.150. The lowest BCUT2D eigenvalue weighted by Crippen LogP contribution is -2.03. The molecule has 2 heterocycles. The molecule has 2 aromatic heterocycles. The highest BCUT2D eigenvalue weighted by atomic mass is 16.5. The minimum absolute atomic E-state index is 0.586. The molecule has 0 fully saturated rings. The van der Waals surface area contributed by atoms with Gasteiger partial charge in [-0.15, -0.1) is 0 Å². The number of aromatic amines is 1. The summed E-state index contributed by atoms with van der Waals surface area (Å²) in [5.41, 5.74) is 2.93. The fourth-order valence-corrected chi connectivity index (χ4v) is 2.92. The van der Waals surface area contributed by atoms with Gasteiger partial charge >= 0.3 is 0 Å². The van der Waals surface area contributed by atoms with E-state index in [2.05, 4.69) is 15.5 Å². The zero-order chi connectivity index (χ0) is 17.9. The van der Waals surface area contributed by atoms with E-state index in [9.17, 15) is 0 Å². The van der Waals surface area contributed by atoms with Crippen molar-refractivity contribution in [3.63, 3.8) is 0 Å². The SMILES string of the molecule is COc1ccccc1Cc1nc(Nc2cc(C)[nH]n2)c2ccccc2n1. The molecule has 6 nitrogen and oxygen atoms in total. The van der Waals surface area contributed by atoms with Gasteiger partial charge in [0.1, 0.15) is 17.4 Å². The van der Waals surface area contributed by atoms with Crippen LogP contribution in [0, 0.1) is 6.92 Å². The Bertz CT molecular complexity index is 1060. The molecule has 0 saturated carbocycles. The van der Waals surface area contributed by atoms with Crippen molar-refractivity contribution in [3.8, 4) is 5.75 Å². The van der Waals surface area contributed by atoms with Crippen LogP contribution >= 0.6 is 0 Å². The molecular formula is C20H19N5O. The summed E-state index contributed by atoms with van der Waals surface area (Å²) < 4.78 is 5.45. The van der Waals surface area contributed by atoms with Crippen LogP contribution in [0.1, 0.15) is 17.1 Å². The third-order valence-electron chi connectivity index (χ3n) is 4.14. The highest BCUT2D eigenvalue weighted by Gasteiger charge is 2.11. The van der Waals surface area contributed by atoms with Crippen LogP contribution in [0.5, 0.6) is 5.75 Å². The van der Waals surface area contributed by atoms with E-state index in [-0.39, 0.29) is 0 Å². The molecule has 0 spiro atoms. The Morgan fingerprint density at radius 3 is 2.65 bits per heavy atom.